The molecule has 17 heavy (non-hydrogen) atoms. The molecule has 1 aliphatic rings. The maximum Gasteiger partial charge on any atom is 0.0787 e. The lowest BCUT2D eigenvalue weighted by molar-refractivity contribution is 0.173. The normalized spacial score (nSPS) is 26.2. The maximum atomic E-state index is 9.77. The number of benzene rings is 1. The zero-order chi connectivity index (χ0) is 12.4. The summed E-state index contributed by atoms with van der Waals surface area (Å²) in [5.41, 5.74) is 2.31. The van der Waals surface area contributed by atoms with E-state index in [0.29, 0.717) is 6.04 Å². The van der Waals surface area contributed by atoms with Gasteiger partial charge in [-0.05, 0) is 43.4 Å². The molecule has 0 aliphatic carbocycles. The van der Waals surface area contributed by atoms with Gasteiger partial charge in [-0.1, -0.05) is 26.0 Å². The Morgan fingerprint density at radius 3 is 2.41 bits per heavy atom. The van der Waals surface area contributed by atoms with Gasteiger partial charge in [0.1, 0.15) is 0 Å². The van der Waals surface area contributed by atoms with Crippen molar-refractivity contribution in [3.05, 3.63) is 29.8 Å². The molecule has 3 unspecified atom stereocenters. The Balaban J connectivity index is 2.13. The van der Waals surface area contributed by atoms with Gasteiger partial charge in [0, 0.05) is 18.3 Å². The number of anilines is 1. The standard InChI is InChI=1S/C15H23NO/c1-4-15(17)13-5-7-14(8-6-13)16-10-11(2)9-12(16)3/h5-8,11-12,15,17H,4,9-10H2,1-3H3. The van der Waals surface area contributed by atoms with Crippen molar-refractivity contribution in [3.63, 3.8) is 0 Å². The molecule has 3 atom stereocenters. The third-order valence-electron chi connectivity index (χ3n) is 3.78. The van der Waals surface area contributed by atoms with E-state index in [-0.39, 0.29) is 6.10 Å². The SMILES string of the molecule is CCC(O)c1ccc(N2CC(C)CC2C)cc1. The molecule has 0 aromatic heterocycles. The molecular weight excluding hydrogens is 210 g/mol. The van der Waals surface area contributed by atoms with Gasteiger partial charge < -0.3 is 10.0 Å². The third kappa shape index (κ3) is 2.63. The van der Waals surface area contributed by atoms with Gasteiger partial charge in [-0.25, -0.2) is 0 Å². The number of aliphatic hydroxyl groups is 1. The highest BCUT2D eigenvalue weighted by Crippen LogP contribution is 2.29. The van der Waals surface area contributed by atoms with Crippen molar-refractivity contribution in [3.8, 4) is 0 Å². The summed E-state index contributed by atoms with van der Waals surface area (Å²) >= 11 is 0. The van der Waals surface area contributed by atoms with E-state index >= 15 is 0 Å². The fourth-order valence-electron chi connectivity index (χ4n) is 2.78. The van der Waals surface area contributed by atoms with Crippen molar-refractivity contribution in [2.75, 3.05) is 11.4 Å². The number of hydrogen-bond acceptors (Lipinski definition) is 2. The Kier molecular flexibility index (Phi) is 3.72. The summed E-state index contributed by atoms with van der Waals surface area (Å²) in [6.45, 7) is 7.75. The molecule has 2 nitrogen and oxygen atoms in total. The average molecular weight is 233 g/mol. The van der Waals surface area contributed by atoms with Crippen molar-refractivity contribution in [2.45, 2.75) is 45.8 Å². The molecule has 0 saturated carbocycles. The Bertz CT molecular complexity index is 360. The number of nitrogens with zero attached hydrogens (tertiary/aromatic N) is 1. The summed E-state index contributed by atoms with van der Waals surface area (Å²) in [6.07, 6.45) is 1.73. The van der Waals surface area contributed by atoms with Crippen LogP contribution in [0.5, 0.6) is 0 Å². The van der Waals surface area contributed by atoms with E-state index in [9.17, 15) is 5.11 Å². The Hall–Kier alpha value is -1.02. The van der Waals surface area contributed by atoms with Crippen molar-refractivity contribution in [1.82, 2.24) is 0 Å². The average Bonchev–Trinajstić information content (AvgIpc) is 2.68. The minimum Gasteiger partial charge on any atom is -0.388 e. The van der Waals surface area contributed by atoms with E-state index in [1.807, 2.05) is 6.92 Å². The zero-order valence-electron chi connectivity index (χ0n) is 11.1. The van der Waals surface area contributed by atoms with Crippen LogP contribution in [-0.4, -0.2) is 17.7 Å². The Morgan fingerprint density at radius 2 is 1.94 bits per heavy atom. The minimum absolute atomic E-state index is 0.320. The first-order valence-corrected chi connectivity index (χ1v) is 6.66. The van der Waals surface area contributed by atoms with Crippen LogP contribution >= 0.6 is 0 Å². The van der Waals surface area contributed by atoms with E-state index in [1.165, 1.54) is 12.1 Å². The van der Waals surface area contributed by atoms with Crippen molar-refractivity contribution in [2.24, 2.45) is 5.92 Å². The summed E-state index contributed by atoms with van der Waals surface area (Å²) in [5.74, 6) is 0.783. The summed E-state index contributed by atoms with van der Waals surface area (Å²) in [5, 5.41) is 9.77. The van der Waals surface area contributed by atoms with Crippen LogP contribution in [0, 0.1) is 5.92 Å². The zero-order valence-corrected chi connectivity index (χ0v) is 11.1. The molecule has 2 heteroatoms. The molecule has 0 bridgehead atoms. The highest BCUT2D eigenvalue weighted by Gasteiger charge is 2.26. The molecular formula is C15H23NO. The van der Waals surface area contributed by atoms with Gasteiger partial charge in [-0.15, -0.1) is 0 Å². The first-order chi connectivity index (χ1) is 8.11. The van der Waals surface area contributed by atoms with Crippen molar-refractivity contribution in [1.29, 1.82) is 0 Å². The first-order valence-electron chi connectivity index (χ1n) is 6.66. The lowest BCUT2D eigenvalue weighted by Crippen LogP contribution is -2.26. The van der Waals surface area contributed by atoms with Crippen molar-refractivity contribution < 1.29 is 5.11 Å². The smallest absolute Gasteiger partial charge is 0.0787 e. The number of hydrogen-bond donors (Lipinski definition) is 1. The van der Waals surface area contributed by atoms with E-state index in [0.717, 1.165) is 24.4 Å². The third-order valence-corrected chi connectivity index (χ3v) is 3.78. The Labute approximate surface area is 104 Å². The van der Waals surface area contributed by atoms with Crippen LogP contribution in [0.1, 0.15) is 45.3 Å². The van der Waals surface area contributed by atoms with E-state index in [1.54, 1.807) is 0 Å². The first kappa shape index (κ1) is 12.4. The summed E-state index contributed by atoms with van der Waals surface area (Å²) in [4.78, 5) is 2.47. The molecule has 1 aromatic rings. The monoisotopic (exact) mass is 233 g/mol. The highest BCUT2D eigenvalue weighted by molar-refractivity contribution is 5.49. The minimum atomic E-state index is -0.320. The predicted molar refractivity (Wildman–Crippen MR) is 72.3 cm³/mol. The van der Waals surface area contributed by atoms with Crippen LogP contribution in [0.2, 0.25) is 0 Å². The van der Waals surface area contributed by atoms with Gasteiger partial charge in [0.15, 0.2) is 0 Å². The van der Waals surface area contributed by atoms with Gasteiger partial charge >= 0.3 is 0 Å². The molecule has 1 aliphatic heterocycles. The van der Waals surface area contributed by atoms with Gasteiger partial charge in [0.05, 0.1) is 6.10 Å². The highest BCUT2D eigenvalue weighted by atomic mass is 16.3. The molecule has 0 radical (unpaired) electrons. The second kappa shape index (κ2) is 5.09. The second-order valence-electron chi connectivity index (χ2n) is 5.36. The summed E-state index contributed by atoms with van der Waals surface area (Å²) in [7, 11) is 0. The molecule has 0 spiro atoms. The molecule has 1 N–H and O–H groups in total. The van der Waals surface area contributed by atoms with E-state index in [2.05, 4.69) is 43.0 Å². The molecule has 1 aromatic carbocycles. The molecule has 1 fully saturated rings. The van der Waals surface area contributed by atoms with Crippen LogP contribution in [0.3, 0.4) is 0 Å². The van der Waals surface area contributed by atoms with Crippen LogP contribution in [0.25, 0.3) is 0 Å². The van der Waals surface area contributed by atoms with Crippen LogP contribution in [0.4, 0.5) is 5.69 Å². The molecule has 0 amide bonds. The number of rotatable bonds is 3. The van der Waals surface area contributed by atoms with Gasteiger partial charge in [0.25, 0.3) is 0 Å². The molecule has 2 rings (SSSR count). The largest absolute Gasteiger partial charge is 0.388 e. The van der Waals surface area contributed by atoms with E-state index in [4.69, 9.17) is 0 Å². The fourth-order valence-corrected chi connectivity index (χ4v) is 2.78. The van der Waals surface area contributed by atoms with Crippen LogP contribution in [0.15, 0.2) is 24.3 Å². The van der Waals surface area contributed by atoms with Crippen LogP contribution in [-0.2, 0) is 0 Å². The van der Waals surface area contributed by atoms with Crippen LogP contribution < -0.4 is 4.90 Å². The predicted octanol–water partition coefficient (Wildman–Crippen LogP) is 3.36. The van der Waals surface area contributed by atoms with Gasteiger partial charge in [0.2, 0.25) is 0 Å². The molecule has 1 saturated heterocycles. The topological polar surface area (TPSA) is 23.5 Å². The fraction of sp³-hybridized carbons (Fsp3) is 0.600. The summed E-state index contributed by atoms with van der Waals surface area (Å²) < 4.78 is 0. The molecule has 1 heterocycles. The van der Waals surface area contributed by atoms with E-state index < -0.39 is 0 Å². The maximum absolute atomic E-state index is 9.77. The van der Waals surface area contributed by atoms with Gasteiger partial charge in [-0.3, -0.25) is 0 Å². The van der Waals surface area contributed by atoms with Crippen molar-refractivity contribution >= 4 is 5.69 Å². The molecule has 94 valence electrons. The second-order valence-corrected chi connectivity index (χ2v) is 5.36. The quantitative estimate of drug-likeness (QED) is 0.865. The number of aliphatic hydroxyl groups excluding tert-OH is 1. The summed E-state index contributed by atoms with van der Waals surface area (Å²) in [6, 6.07) is 9.02. The van der Waals surface area contributed by atoms with Gasteiger partial charge in [-0.2, -0.15) is 0 Å². The lowest BCUT2D eigenvalue weighted by atomic mass is 10.1. The Morgan fingerprint density at radius 1 is 1.29 bits per heavy atom. The lowest BCUT2D eigenvalue weighted by Gasteiger charge is -2.24.